The molecule has 2 fully saturated rings. The van der Waals surface area contributed by atoms with Gasteiger partial charge >= 0.3 is 0 Å². The Labute approximate surface area is 176 Å². The van der Waals surface area contributed by atoms with Crippen LogP contribution in [0.4, 0.5) is 5.69 Å². The summed E-state index contributed by atoms with van der Waals surface area (Å²) in [6.45, 7) is 0.992. The van der Waals surface area contributed by atoms with Gasteiger partial charge in [0.05, 0.1) is 16.4 Å². The molecule has 1 saturated carbocycles. The van der Waals surface area contributed by atoms with Gasteiger partial charge in [-0.1, -0.05) is 12.8 Å². The van der Waals surface area contributed by atoms with E-state index in [0.717, 1.165) is 25.7 Å². The van der Waals surface area contributed by atoms with Crippen LogP contribution in [-0.4, -0.2) is 43.5 Å². The largest absolute Gasteiger partial charge is 0.459 e. The molecule has 30 heavy (non-hydrogen) atoms. The zero-order valence-corrected chi connectivity index (χ0v) is 17.6. The van der Waals surface area contributed by atoms with Crippen LogP contribution >= 0.6 is 0 Å². The van der Waals surface area contributed by atoms with E-state index < -0.39 is 9.84 Å². The Hall–Kier alpha value is -2.61. The molecule has 0 bridgehead atoms. The molecule has 0 radical (unpaired) electrons. The number of piperidine rings is 1. The van der Waals surface area contributed by atoms with E-state index in [2.05, 4.69) is 5.32 Å². The van der Waals surface area contributed by atoms with Gasteiger partial charge in [-0.2, -0.15) is 0 Å². The zero-order valence-electron chi connectivity index (χ0n) is 16.7. The summed E-state index contributed by atoms with van der Waals surface area (Å²) >= 11 is 0. The van der Waals surface area contributed by atoms with E-state index in [9.17, 15) is 18.0 Å². The summed E-state index contributed by atoms with van der Waals surface area (Å²) in [4.78, 5) is 26.9. The molecule has 2 aliphatic rings. The first-order valence-corrected chi connectivity index (χ1v) is 12.0. The van der Waals surface area contributed by atoms with Gasteiger partial charge in [0.2, 0.25) is 5.91 Å². The number of hydrogen-bond donors (Lipinski definition) is 1. The highest BCUT2D eigenvalue weighted by Gasteiger charge is 2.31. The number of furan rings is 1. The Kier molecular flexibility index (Phi) is 5.94. The molecule has 2 amide bonds. The third-order valence-electron chi connectivity index (χ3n) is 6.08. The number of carbonyl (C=O) groups is 2. The highest BCUT2D eigenvalue weighted by atomic mass is 32.2. The first-order chi connectivity index (χ1) is 14.4. The van der Waals surface area contributed by atoms with Crippen LogP contribution < -0.4 is 5.32 Å². The van der Waals surface area contributed by atoms with Crippen LogP contribution in [0.1, 0.15) is 49.1 Å². The molecule has 4 rings (SSSR count). The molecule has 1 N–H and O–H groups in total. The monoisotopic (exact) mass is 430 g/mol. The second-order valence-electron chi connectivity index (χ2n) is 8.01. The van der Waals surface area contributed by atoms with Gasteiger partial charge in [0.1, 0.15) is 0 Å². The first kappa shape index (κ1) is 20.7. The average molecular weight is 431 g/mol. The number of nitrogens with one attached hydrogen (secondary N) is 1. The van der Waals surface area contributed by atoms with Crippen molar-refractivity contribution in [2.75, 3.05) is 18.4 Å². The number of anilines is 1. The maximum Gasteiger partial charge on any atom is 0.289 e. The lowest BCUT2D eigenvalue weighted by molar-refractivity contribution is -0.121. The molecule has 7 nitrogen and oxygen atoms in total. The van der Waals surface area contributed by atoms with Crippen molar-refractivity contribution in [3.05, 3.63) is 48.4 Å². The third-order valence-corrected chi connectivity index (χ3v) is 8.35. The molecule has 1 aliphatic heterocycles. The van der Waals surface area contributed by atoms with Gasteiger partial charge in [-0.05, 0) is 62.1 Å². The highest BCUT2D eigenvalue weighted by molar-refractivity contribution is 7.92. The molecular weight excluding hydrogens is 404 g/mol. The Morgan fingerprint density at radius 1 is 0.967 bits per heavy atom. The molecule has 0 atom stereocenters. The summed E-state index contributed by atoms with van der Waals surface area (Å²) in [5, 5.41) is 2.59. The molecule has 2 heterocycles. The van der Waals surface area contributed by atoms with Gasteiger partial charge in [0, 0.05) is 24.7 Å². The van der Waals surface area contributed by atoms with E-state index in [0.29, 0.717) is 42.3 Å². The minimum atomic E-state index is -3.30. The standard InChI is InChI=1S/C22H26N2O5S/c25-21(16-11-13-24(14-12-16)22(26)20-6-3-15-29-20)23-17-7-9-19(10-8-17)30(27,28)18-4-1-2-5-18/h3,6-10,15-16,18H,1-2,4-5,11-14H2,(H,23,25). The minimum Gasteiger partial charge on any atom is -0.459 e. The van der Waals surface area contributed by atoms with E-state index in [4.69, 9.17) is 4.42 Å². The van der Waals surface area contributed by atoms with Crippen molar-refractivity contribution < 1.29 is 22.4 Å². The Balaban J connectivity index is 1.32. The van der Waals surface area contributed by atoms with Crippen molar-refractivity contribution in [3.8, 4) is 0 Å². The molecule has 0 unspecified atom stereocenters. The number of carbonyl (C=O) groups excluding carboxylic acids is 2. The Morgan fingerprint density at radius 3 is 2.23 bits per heavy atom. The van der Waals surface area contributed by atoms with Crippen molar-refractivity contribution in [1.82, 2.24) is 4.90 Å². The van der Waals surface area contributed by atoms with Crippen LogP contribution in [0.15, 0.2) is 52.0 Å². The summed E-state index contributed by atoms with van der Waals surface area (Å²) in [7, 11) is -3.30. The summed E-state index contributed by atoms with van der Waals surface area (Å²) in [6.07, 6.45) is 5.99. The van der Waals surface area contributed by atoms with E-state index in [1.54, 1.807) is 41.3 Å². The average Bonchev–Trinajstić information content (AvgIpc) is 3.48. The second-order valence-corrected chi connectivity index (χ2v) is 10.2. The number of sulfone groups is 1. The van der Waals surface area contributed by atoms with Crippen LogP contribution in [0, 0.1) is 5.92 Å². The smallest absolute Gasteiger partial charge is 0.289 e. The SMILES string of the molecule is O=C(Nc1ccc(S(=O)(=O)C2CCCC2)cc1)C1CCN(C(=O)c2ccco2)CC1. The van der Waals surface area contributed by atoms with Crippen LogP contribution in [0.3, 0.4) is 0 Å². The van der Waals surface area contributed by atoms with Gasteiger partial charge in [-0.3, -0.25) is 9.59 Å². The molecule has 0 spiro atoms. The lowest BCUT2D eigenvalue weighted by Gasteiger charge is -2.30. The van der Waals surface area contributed by atoms with Crippen molar-refractivity contribution >= 4 is 27.3 Å². The second kappa shape index (κ2) is 8.63. The Bertz CT molecular complexity index is 985. The summed E-state index contributed by atoms with van der Waals surface area (Å²) < 4.78 is 30.5. The van der Waals surface area contributed by atoms with Gasteiger partial charge in [-0.15, -0.1) is 0 Å². The van der Waals surface area contributed by atoms with Crippen LogP contribution in [0.5, 0.6) is 0 Å². The van der Waals surface area contributed by atoms with Crippen molar-refractivity contribution in [3.63, 3.8) is 0 Å². The molecule has 1 aliphatic carbocycles. The zero-order chi connectivity index (χ0) is 21.1. The fraction of sp³-hybridized carbons (Fsp3) is 0.455. The molecule has 1 saturated heterocycles. The maximum atomic E-state index is 12.7. The van der Waals surface area contributed by atoms with Crippen molar-refractivity contribution in [1.29, 1.82) is 0 Å². The topological polar surface area (TPSA) is 96.7 Å². The quantitative estimate of drug-likeness (QED) is 0.783. The van der Waals surface area contributed by atoms with E-state index in [1.165, 1.54) is 6.26 Å². The fourth-order valence-corrected chi connectivity index (χ4v) is 6.12. The van der Waals surface area contributed by atoms with Gasteiger partial charge in [-0.25, -0.2) is 8.42 Å². The number of benzene rings is 1. The summed E-state index contributed by atoms with van der Waals surface area (Å²) in [5.41, 5.74) is 0.583. The summed E-state index contributed by atoms with van der Waals surface area (Å²) in [6, 6.07) is 9.77. The number of amides is 2. The van der Waals surface area contributed by atoms with Crippen molar-refractivity contribution in [2.24, 2.45) is 5.92 Å². The highest BCUT2D eigenvalue weighted by Crippen LogP contribution is 2.30. The van der Waals surface area contributed by atoms with E-state index in [1.807, 2.05) is 0 Å². The predicted molar refractivity (Wildman–Crippen MR) is 112 cm³/mol. The first-order valence-electron chi connectivity index (χ1n) is 10.4. The van der Waals surface area contributed by atoms with Crippen LogP contribution in [0.25, 0.3) is 0 Å². The molecule has 160 valence electrons. The van der Waals surface area contributed by atoms with Crippen molar-refractivity contribution in [2.45, 2.75) is 48.7 Å². The third kappa shape index (κ3) is 4.28. The lowest BCUT2D eigenvalue weighted by atomic mass is 9.95. The number of rotatable bonds is 5. The van der Waals surface area contributed by atoms with E-state index in [-0.39, 0.29) is 23.0 Å². The van der Waals surface area contributed by atoms with Crippen LogP contribution in [-0.2, 0) is 14.6 Å². The molecular formula is C22H26N2O5S. The number of likely N-dealkylation sites (tertiary alicyclic amines) is 1. The van der Waals surface area contributed by atoms with Gasteiger partial charge in [0.25, 0.3) is 5.91 Å². The molecule has 8 heteroatoms. The minimum absolute atomic E-state index is 0.105. The summed E-state index contributed by atoms with van der Waals surface area (Å²) in [5.74, 6) is -0.137. The maximum absolute atomic E-state index is 12.7. The van der Waals surface area contributed by atoms with E-state index >= 15 is 0 Å². The molecule has 1 aromatic carbocycles. The predicted octanol–water partition coefficient (Wildman–Crippen LogP) is 3.49. The number of nitrogens with zero attached hydrogens (tertiary/aromatic N) is 1. The normalized spacial score (nSPS) is 18.5. The molecule has 2 aromatic rings. The molecule has 1 aromatic heterocycles. The van der Waals surface area contributed by atoms with Crippen LogP contribution in [0.2, 0.25) is 0 Å². The van der Waals surface area contributed by atoms with Gasteiger partial charge < -0.3 is 14.6 Å². The Morgan fingerprint density at radius 2 is 1.63 bits per heavy atom. The van der Waals surface area contributed by atoms with Gasteiger partial charge in [0.15, 0.2) is 15.6 Å². The number of hydrogen-bond acceptors (Lipinski definition) is 5. The lowest BCUT2D eigenvalue weighted by Crippen LogP contribution is -2.41. The fourth-order valence-electron chi connectivity index (χ4n) is 4.26.